The highest BCUT2D eigenvalue weighted by Gasteiger charge is 2.40. The summed E-state index contributed by atoms with van der Waals surface area (Å²) in [4.78, 5) is 34.2. The molecule has 0 unspecified atom stereocenters. The van der Waals surface area contributed by atoms with Crippen LogP contribution in [-0.4, -0.2) is 39.4 Å². The molecule has 32 heavy (non-hydrogen) atoms. The summed E-state index contributed by atoms with van der Waals surface area (Å²) in [6.45, 7) is 1.62. The molecule has 0 radical (unpaired) electrons. The summed E-state index contributed by atoms with van der Waals surface area (Å²) in [7, 11) is 0. The van der Waals surface area contributed by atoms with Gasteiger partial charge in [0.15, 0.2) is 0 Å². The maximum atomic E-state index is 14.8. The Morgan fingerprint density at radius 3 is 2.41 bits per heavy atom. The highest BCUT2D eigenvalue weighted by atomic mass is 35.5. The molecule has 0 spiro atoms. The first-order valence-electron chi connectivity index (χ1n) is 9.89. The number of nitrogens with one attached hydrogen (secondary N) is 1. The monoisotopic (exact) mass is 472 g/mol. The first-order chi connectivity index (χ1) is 15.1. The topological polar surface area (TPSA) is 75.2 Å². The molecule has 1 N–H and O–H groups in total. The molecule has 11 heteroatoms. The number of carbonyl (C=O) groups is 2. The molecule has 1 aromatic heterocycles. The molecule has 1 aromatic carbocycles. The van der Waals surface area contributed by atoms with Gasteiger partial charge in [0.25, 0.3) is 11.5 Å². The van der Waals surface area contributed by atoms with Gasteiger partial charge in [0, 0.05) is 36.8 Å². The van der Waals surface area contributed by atoms with E-state index < -0.39 is 54.1 Å². The number of aryl methyl sites for hydroxylation is 1. The van der Waals surface area contributed by atoms with Crippen LogP contribution in [0, 0.1) is 12.7 Å². The maximum Gasteiger partial charge on any atom is 0.278 e. The summed E-state index contributed by atoms with van der Waals surface area (Å²) in [5.41, 5.74) is -2.34. The van der Waals surface area contributed by atoms with E-state index in [2.05, 4.69) is 15.3 Å². The van der Waals surface area contributed by atoms with Gasteiger partial charge in [0.2, 0.25) is 11.8 Å². The Hall–Kier alpha value is -2.75. The number of aromatic nitrogens is 2. The van der Waals surface area contributed by atoms with Crippen LogP contribution in [0.2, 0.25) is 0 Å². The van der Waals surface area contributed by atoms with Crippen LogP contribution in [-0.2, 0) is 9.59 Å². The summed E-state index contributed by atoms with van der Waals surface area (Å²) in [6.07, 6.45) is 2.86. The first kappa shape index (κ1) is 23.9. The van der Waals surface area contributed by atoms with Crippen molar-refractivity contribution in [1.82, 2.24) is 15.3 Å². The Kier molecular flexibility index (Phi) is 7.33. The predicted octanol–water partition coefficient (Wildman–Crippen LogP) is 4.23. The Morgan fingerprint density at radius 2 is 1.84 bits per heavy atom. The molecule has 0 aliphatic heterocycles. The van der Waals surface area contributed by atoms with Crippen LogP contribution in [0.5, 0.6) is 0 Å². The lowest BCUT2D eigenvalue weighted by Crippen LogP contribution is -2.49. The van der Waals surface area contributed by atoms with E-state index in [0.717, 1.165) is 6.07 Å². The van der Waals surface area contributed by atoms with Crippen molar-refractivity contribution in [3.63, 3.8) is 0 Å². The number of halogens is 5. The van der Waals surface area contributed by atoms with Gasteiger partial charge in [-0.3, -0.25) is 14.5 Å². The van der Waals surface area contributed by atoms with Crippen LogP contribution in [0.1, 0.15) is 42.9 Å². The van der Waals surface area contributed by atoms with E-state index in [0.29, 0.717) is 10.5 Å². The summed E-state index contributed by atoms with van der Waals surface area (Å²) >= 11 is 5.39. The van der Waals surface area contributed by atoms with E-state index in [9.17, 15) is 27.2 Å². The molecule has 172 valence electrons. The SMILES string of the molecule is Cc1ccc(N(C(=O)[C@H](F)Cl)[C@@H](C(=O)NC2CCC(F)(F)CC2)c2cncnc2)c(F)c1. The van der Waals surface area contributed by atoms with Gasteiger partial charge in [-0.25, -0.2) is 27.5 Å². The van der Waals surface area contributed by atoms with Crippen molar-refractivity contribution in [2.75, 3.05) is 4.90 Å². The standard InChI is InChI=1S/C21H21ClF4N4O2/c1-12-2-3-16(15(23)8-12)30(20(32)18(22)24)17(13-9-27-11-28-10-13)19(31)29-14-4-6-21(25,26)7-5-14/h2-3,8-11,14,17-18H,4-7H2,1H3,(H,29,31)/t17-,18+/m1/s1. The minimum Gasteiger partial charge on any atom is -0.351 e. The lowest BCUT2D eigenvalue weighted by Gasteiger charge is -2.34. The van der Waals surface area contributed by atoms with Gasteiger partial charge in [0.05, 0.1) is 5.69 Å². The Morgan fingerprint density at radius 1 is 1.22 bits per heavy atom. The van der Waals surface area contributed by atoms with Crippen molar-refractivity contribution in [2.45, 2.75) is 56.2 Å². The molecule has 2 atom stereocenters. The third-order valence-electron chi connectivity index (χ3n) is 5.25. The molecule has 2 aromatic rings. The van der Waals surface area contributed by atoms with Crippen LogP contribution in [0.25, 0.3) is 0 Å². The molecule has 1 fully saturated rings. The van der Waals surface area contributed by atoms with Crippen molar-refractivity contribution in [2.24, 2.45) is 0 Å². The number of nitrogens with zero attached hydrogens (tertiary/aromatic N) is 3. The van der Waals surface area contributed by atoms with Crippen molar-refractivity contribution in [3.8, 4) is 0 Å². The average molecular weight is 473 g/mol. The number of rotatable bonds is 6. The highest BCUT2D eigenvalue weighted by Crippen LogP contribution is 2.35. The first-order valence-corrected chi connectivity index (χ1v) is 10.3. The quantitative estimate of drug-likeness (QED) is 0.504. The molecular formula is C21H21ClF4N4O2. The number of anilines is 1. The third kappa shape index (κ3) is 5.53. The fourth-order valence-electron chi connectivity index (χ4n) is 3.63. The van der Waals surface area contributed by atoms with E-state index in [-0.39, 0.29) is 24.1 Å². The van der Waals surface area contributed by atoms with E-state index in [1.54, 1.807) is 6.92 Å². The lowest BCUT2D eigenvalue weighted by atomic mass is 9.92. The van der Waals surface area contributed by atoms with Crippen molar-refractivity contribution >= 4 is 29.1 Å². The average Bonchev–Trinajstić information content (AvgIpc) is 2.74. The van der Waals surface area contributed by atoms with Crippen LogP contribution in [0.15, 0.2) is 36.9 Å². The molecule has 0 bridgehead atoms. The van der Waals surface area contributed by atoms with E-state index >= 15 is 0 Å². The van der Waals surface area contributed by atoms with Crippen molar-refractivity contribution in [1.29, 1.82) is 0 Å². The second-order valence-electron chi connectivity index (χ2n) is 7.68. The minimum absolute atomic E-state index is 0.0187. The van der Waals surface area contributed by atoms with E-state index in [1.807, 2.05) is 0 Å². The molecule has 2 amide bonds. The second kappa shape index (κ2) is 9.81. The van der Waals surface area contributed by atoms with E-state index in [4.69, 9.17) is 11.6 Å². The van der Waals surface area contributed by atoms with Crippen LogP contribution in [0.4, 0.5) is 23.2 Å². The molecule has 1 aliphatic rings. The lowest BCUT2D eigenvalue weighted by molar-refractivity contribution is -0.128. The zero-order valence-corrected chi connectivity index (χ0v) is 17.8. The summed E-state index contributed by atoms with van der Waals surface area (Å²) in [5.74, 6) is -5.86. The van der Waals surface area contributed by atoms with Gasteiger partial charge in [-0.05, 0) is 37.5 Å². The van der Waals surface area contributed by atoms with Gasteiger partial charge < -0.3 is 5.32 Å². The van der Waals surface area contributed by atoms with Gasteiger partial charge in [0.1, 0.15) is 18.2 Å². The van der Waals surface area contributed by atoms with Crippen LogP contribution >= 0.6 is 11.6 Å². The summed E-state index contributed by atoms with van der Waals surface area (Å²) in [6, 6.07) is 1.66. The van der Waals surface area contributed by atoms with Crippen LogP contribution in [0.3, 0.4) is 0 Å². The molecule has 1 heterocycles. The normalized spacial score (nSPS) is 17.9. The fourth-order valence-corrected chi connectivity index (χ4v) is 3.74. The minimum atomic E-state index is -2.80. The van der Waals surface area contributed by atoms with Crippen LogP contribution < -0.4 is 10.2 Å². The molecule has 1 saturated carbocycles. The predicted molar refractivity (Wildman–Crippen MR) is 109 cm³/mol. The Balaban J connectivity index is 2.01. The summed E-state index contributed by atoms with van der Waals surface area (Å²) < 4.78 is 55.7. The number of alkyl halides is 4. The maximum absolute atomic E-state index is 14.8. The number of carbonyl (C=O) groups excluding carboxylic acids is 2. The smallest absolute Gasteiger partial charge is 0.278 e. The van der Waals surface area contributed by atoms with Crippen molar-refractivity contribution in [3.05, 3.63) is 53.9 Å². The summed E-state index contributed by atoms with van der Waals surface area (Å²) in [5, 5.41) is 2.62. The fraction of sp³-hybridized carbons (Fsp3) is 0.429. The number of benzene rings is 1. The zero-order valence-electron chi connectivity index (χ0n) is 17.1. The highest BCUT2D eigenvalue weighted by molar-refractivity contribution is 6.32. The number of hydrogen-bond acceptors (Lipinski definition) is 4. The molecular weight excluding hydrogens is 452 g/mol. The number of hydrogen-bond donors (Lipinski definition) is 1. The van der Waals surface area contributed by atoms with Gasteiger partial charge in [-0.15, -0.1) is 0 Å². The second-order valence-corrected chi connectivity index (χ2v) is 8.06. The zero-order chi connectivity index (χ0) is 23.5. The third-order valence-corrected chi connectivity index (χ3v) is 5.44. The Labute approximate surface area is 187 Å². The molecule has 3 rings (SSSR count). The van der Waals surface area contributed by atoms with Gasteiger partial charge >= 0.3 is 0 Å². The van der Waals surface area contributed by atoms with Gasteiger partial charge in [-0.2, -0.15) is 0 Å². The van der Waals surface area contributed by atoms with Crippen molar-refractivity contribution < 1.29 is 27.2 Å². The largest absolute Gasteiger partial charge is 0.351 e. The molecule has 0 saturated heterocycles. The molecule has 1 aliphatic carbocycles. The number of amides is 2. The van der Waals surface area contributed by atoms with E-state index in [1.165, 1.54) is 30.9 Å². The Bertz CT molecular complexity index is 968. The molecule has 6 nitrogen and oxygen atoms in total. The van der Waals surface area contributed by atoms with Gasteiger partial charge in [-0.1, -0.05) is 17.7 Å².